The Morgan fingerprint density at radius 1 is 0.862 bits per heavy atom. The van der Waals surface area contributed by atoms with Gasteiger partial charge in [0.2, 0.25) is 0 Å². The molecule has 7 heteroatoms. The van der Waals surface area contributed by atoms with Crippen LogP contribution in [0, 0.1) is 11.6 Å². The molecule has 2 aromatic carbocycles. The fourth-order valence-electron chi connectivity index (χ4n) is 2.69. The smallest absolute Gasteiger partial charge is 0.274 e. The second-order valence-electron chi connectivity index (χ2n) is 6.33. The van der Waals surface area contributed by atoms with Crippen molar-refractivity contribution in [2.24, 2.45) is 0 Å². The number of aromatic nitrogens is 1. The number of hydrogen-bond acceptors (Lipinski definition) is 3. The number of benzene rings is 2. The first kappa shape index (κ1) is 20.1. The monoisotopic (exact) mass is 395 g/mol. The maximum absolute atomic E-state index is 13.7. The second kappa shape index (κ2) is 9.54. The quantitative estimate of drug-likeness (QED) is 0.595. The Balaban J connectivity index is 1.56. The summed E-state index contributed by atoms with van der Waals surface area (Å²) in [5.74, 6) is -2.75. The van der Waals surface area contributed by atoms with Crippen molar-refractivity contribution in [2.75, 3.05) is 11.9 Å². The van der Waals surface area contributed by atoms with E-state index in [1.54, 1.807) is 0 Å². The Labute approximate surface area is 166 Å². The van der Waals surface area contributed by atoms with Crippen molar-refractivity contribution in [3.8, 4) is 0 Å². The van der Waals surface area contributed by atoms with E-state index < -0.39 is 23.4 Å². The zero-order valence-corrected chi connectivity index (χ0v) is 15.5. The number of halogens is 2. The maximum atomic E-state index is 13.7. The first-order valence-electron chi connectivity index (χ1n) is 9.08. The lowest BCUT2D eigenvalue weighted by Crippen LogP contribution is -2.26. The fraction of sp³-hybridized carbons (Fsp3) is 0.136. The number of hydrogen-bond donors (Lipinski definition) is 2. The Morgan fingerprint density at radius 2 is 1.59 bits per heavy atom. The van der Waals surface area contributed by atoms with Crippen molar-refractivity contribution >= 4 is 17.5 Å². The van der Waals surface area contributed by atoms with Gasteiger partial charge in [0.25, 0.3) is 11.8 Å². The third-order valence-electron chi connectivity index (χ3n) is 4.16. The zero-order valence-electron chi connectivity index (χ0n) is 15.5. The molecule has 0 radical (unpaired) electrons. The second-order valence-corrected chi connectivity index (χ2v) is 6.33. The van der Waals surface area contributed by atoms with Crippen LogP contribution < -0.4 is 10.6 Å². The van der Waals surface area contributed by atoms with Gasteiger partial charge in [0.15, 0.2) is 0 Å². The topological polar surface area (TPSA) is 71.1 Å². The number of anilines is 1. The van der Waals surface area contributed by atoms with Crippen LogP contribution in [0.3, 0.4) is 0 Å². The molecule has 5 nitrogen and oxygen atoms in total. The minimum atomic E-state index is -0.898. The standard InChI is InChI=1S/C22H19F2N3O2/c23-16-11-12-18(17(24)14-16)27-22(29)20-10-4-9-19(26-20)21(28)25-13-5-8-15-6-2-1-3-7-15/h1-4,6-7,9-12,14H,5,8,13H2,(H,25,28)(H,27,29). The maximum Gasteiger partial charge on any atom is 0.274 e. The van der Waals surface area contributed by atoms with Gasteiger partial charge in [0, 0.05) is 12.6 Å². The third kappa shape index (κ3) is 5.68. The van der Waals surface area contributed by atoms with Gasteiger partial charge in [0.05, 0.1) is 5.69 Å². The van der Waals surface area contributed by atoms with E-state index in [2.05, 4.69) is 15.6 Å². The van der Waals surface area contributed by atoms with E-state index in [0.29, 0.717) is 12.6 Å². The molecule has 0 bridgehead atoms. The van der Waals surface area contributed by atoms with E-state index in [0.717, 1.165) is 25.0 Å². The van der Waals surface area contributed by atoms with E-state index in [9.17, 15) is 18.4 Å². The molecule has 2 amide bonds. The number of nitrogens with zero attached hydrogens (tertiary/aromatic N) is 1. The van der Waals surface area contributed by atoms with E-state index in [1.165, 1.54) is 23.8 Å². The first-order chi connectivity index (χ1) is 14.0. The van der Waals surface area contributed by atoms with E-state index >= 15 is 0 Å². The summed E-state index contributed by atoms with van der Waals surface area (Å²) in [6, 6.07) is 17.2. The number of carbonyl (C=O) groups is 2. The van der Waals surface area contributed by atoms with Gasteiger partial charge < -0.3 is 10.6 Å². The minimum absolute atomic E-state index is 0.0503. The highest BCUT2D eigenvalue weighted by Crippen LogP contribution is 2.16. The summed E-state index contributed by atoms with van der Waals surface area (Å²) >= 11 is 0. The van der Waals surface area contributed by atoms with Crippen molar-refractivity contribution in [2.45, 2.75) is 12.8 Å². The number of carbonyl (C=O) groups excluding carboxylic acids is 2. The fourth-order valence-corrected chi connectivity index (χ4v) is 2.69. The van der Waals surface area contributed by atoms with Crippen molar-refractivity contribution < 1.29 is 18.4 Å². The molecule has 1 aromatic heterocycles. The van der Waals surface area contributed by atoms with E-state index in [4.69, 9.17) is 0 Å². The van der Waals surface area contributed by atoms with Gasteiger partial charge in [-0.05, 0) is 42.7 Å². The molecular weight excluding hydrogens is 376 g/mol. The summed E-state index contributed by atoms with van der Waals surface area (Å²) in [5.41, 5.74) is 1.04. The molecule has 1 heterocycles. The van der Waals surface area contributed by atoms with Crippen LogP contribution >= 0.6 is 0 Å². The average Bonchev–Trinajstić information content (AvgIpc) is 2.74. The van der Waals surface area contributed by atoms with Crippen LogP contribution in [0.1, 0.15) is 33.0 Å². The predicted molar refractivity (Wildman–Crippen MR) is 106 cm³/mol. The van der Waals surface area contributed by atoms with Crippen LogP contribution in [0.5, 0.6) is 0 Å². The highest BCUT2D eigenvalue weighted by atomic mass is 19.1. The summed E-state index contributed by atoms with van der Waals surface area (Å²) < 4.78 is 26.7. The van der Waals surface area contributed by atoms with Gasteiger partial charge in [-0.3, -0.25) is 9.59 Å². The Hall–Kier alpha value is -3.61. The largest absolute Gasteiger partial charge is 0.351 e. The molecule has 148 valence electrons. The van der Waals surface area contributed by atoms with Gasteiger partial charge >= 0.3 is 0 Å². The molecule has 3 rings (SSSR count). The van der Waals surface area contributed by atoms with Gasteiger partial charge in [-0.25, -0.2) is 13.8 Å². The van der Waals surface area contributed by atoms with Crippen LogP contribution in [-0.2, 0) is 6.42 Å². The van der Waals surface area contributed by atoms with Crippen molar-refractivity contribution in [3.63, 3.8) is 0 Å². The van der Waals surface area contributed by atoms with Gasteiger partial charge in [-0.2, -0.15) is 0 Å². The van der Waals surface area contributed by atoms with E-state index in [-0.39, 0.29) is 17.1 Å². The molecule has 29 heavy (non-hydrogen) atoms. The third-order valence-corrected chi connectivity index (χ3v) is 4.16. The number of rotatable bonds is 7. The van der Waals surface area contributed by atoms with Crippen molar-refractivity contribution in [1.82, 2.24) is 10.3 Å². The molecule has 0 aliphatic heterocycles. The summed E-state index contributed by atoms with van der Waals surface area (Å²) in [6.45, 7) is 0.465. The summed E-state index contributed by atoms with van der Waals surface area (Å²) in [7, 11) is 0. The van der Waals surface area contributed by atoms with Crippen LogP contribution in [0.2, 0.25) is 0 Å². The van der Waals surface area contributed by atoms with Gasteiger partial charge in [-0.1, -0.05) is 36.4 Å². The molecule has 0 unspecified atom stereocenters. The van der Waals surface area contributed by atoms with Crippen LogP contribution in [-0.4, -0.2) is 23.3 Å². The molecule has 0 aliphatic carbocycles. The van der Waals surface area contributed by atoms with Crippen molar-refractivity contribution in [3.05, 3.63) is 95.3 Å². The molecule has 0 aliphatic rings. The SMILES string of the molecule is O=C(NCCCc1ccccc1)c1cccc(C(=O)Nc2ccc(F)cc2F)n1. The molecule has 0 saturated carbocycles. The van der Waals surface area contributed by atoms with Crippen LogP contribution in [0.4, 0.5) is 14.5 Å². The summed E-state index contributed by atoms with van der Waals surface area (Å²) in [5, 5.41) is 5.08. The van der Waals surface area contributed by atoms with Crippen LogP contribution in [0.15, 0.2) is 66.7 Å². The Morgan fingerprint density at radius 3 is 2.31 bits per heavy atom. The number of aryl methyl sites for hydroxylation is 1. The molecule has 0 fully saturated rings. The Bertz CT molecular complexity index is 1010. The molecule has 0 atom stereocenters. The Kier molecular flexibility index (Phi) is 6.63. The first-order valence-corrected chi connectivity index (χ1v) is 9.08. The number of pyridine rings is 1. The summed E-state index contributed by atoms with van der Waals surface area (Å²) in [4.78, 5) is 28.6. The highest BCUT2D eigenvalue weighted by Gasteiger charge is 2.14. The average molecular weight is 395 g/mol. The lowest BCUT2D eigenvalue weighted by atomic mass is 10.1. The number of nitrogens with one attached hydrogen (secondary N) is 2. The predicted octanol–water partition coefficient (Wildman–Crippen LogP) is 3.97. The molecule has 0 spiro atoms. The highest BCUT2D eigenvalue weighted by molar-refractivity contribution is 6.03. The summed E-state index contributed by atoms with van der Waals surface area (Å²) in [6.07, 6.45) is 1.60. The lowest BCUT2D eigenvalue weighted by molar-refractivity contribution is 0.0948. The molecule has 3 aromatic rings. The molecule has 2 N–H and O–H groups in total. The van der Waals surface area contributed by atoms with E-state index in [1.807, 2.05) is 30.3 Å². The zero-order chi connectivity index (χ0) is 20.6. The van der Waals surface area contributed by atoms with Crippen LogP contribution in [0.25, 0.3) is 0 Å². The lowest BCUT2D eigenvalue weighted by Gasteiger charge is -2.08. The van der Waals surface area contributed by atoms with Gasteiger partial charge in [0.1, 0.15) is 23.0 Å². The molecule has 0 saturated heterocycles. The van der Waals surface area contributed by atoms with Crippen molar-refractivity contribution in [1.29, 1.82) is 0 Å². The minimum Gasteiger partial charge on any atom is -0.351 e. The number of amides is 2. The normalized spacial score (nSPS) is 10.4. The van der Waals surface area contributed by atoms with Gasteiger partial charge in [-0.15, -0.1) is 0 Å². The molecular formula is C22H19F2N3O2.